The molecule has 7 heteroatoms. The number of nitrogens with zero attached hydrogens (tertiary/aromatic N) is 2. The largest absolute Gasteiger partial charge is 0.497 e. The molecule has 0 bridgehead atoms. The molecule has 0 fully saturated rings. The average Bonchev–Trinajstić information content (AvgIpc) is 2.89. The van der Waals surface area contributed by atoms with Gasteiger partial charge in [0, 0.05) is 43.3 Å². The van der Waals surface area contributed by atoms with Crippen LogP contribution >= 0.6 is 0 Å². The van der Waals surface area contributed by atoms with Crippen LogP contribution in [-0.2, 0) is 6.42 Å². The lowest BCUT2D eigenvalue weighted by Crippen LogP contribution is -2.47. The lowest BCUT2D eigenvalue weighted by atomic mass is 10.00. The van der Waals surface area contributed by atoms with Gasteiger partial charge in [-0.15, -0.1) is 0 Å². The molecule has 3 N–H and O–H groups in total. The second kappa shape index (κ2) is 15.5. The number of aryl methyl sites for hydroxylation is 1. The van der Waals surface area contributed by atoms with Crippen molar-refractivity contribution in [2.75, 3.05) is 33.3 Å². The summed E-state index contributed by atoms with van der Waals surface area (Å²) in [7, 11) is 1.61. The Bertz CT molecular complexity index is 1030. The van der Waals surface area contributed by atoms with E-state index in [0.717, 1.165) is 36.1 Å². The first-order valence-electron chi connectivity index (χ1n) is 13.9. The van der Waals surface area contributed by atoms with Crippen LogP contribution in [-0.4, -0.2) is 72.2 Å². The number of hydrogen-bond donors (Lipinski definition) is 2. The third kappa shape index (κ3) is 9.44. The van der Waals surface area contributed by atoms with Crippen molar-refractivity contribution < 1.29 is 19.4 Å². The fourth-order valence-corrected chi connectivity index (χ4v) is 4.51. The van der Waals surface area contributed by atoms with Crippen molar-refractivity contribution in [2.24, 2.45) is 11.7 Å². The molecule has 0 radical (unpaired) electrons. The topological polar surface area (TPSA) is 96.1 Å². The summed E-state index contributed by atoms with van der Waals surface area (Å²) in [6.07, 6.45) is 2.09. The minimum Gasteiger partial charge on any atom is -0.497 e. The average molecular weight is 526 g/mol. The first-order chi connectivity index (χ1) is 18.1. The Balaban J connectivity index is 2.25. The molecule has 0 aromatic heterocycles. The Labute approximate surface area is 229 Å². The molecular formula is C31H47N3O4. The highest BCUT2D eigenvalue weighted by Gasteiger charge is 2.25. The van der Waals surface area contributed by atoms with Crippen LogP contribution in [0.2, 0.25) is 0 Å². The molecule has 2 rings (SSSR count). The van der Waals surface area contributed by atoms with Crippen LogP contribution in [0.1, 0.15) is 78.8 Å². The van der Waals surface area contributed by atoms with E-state index in [1.165, 1.54) is 0 Å². The van der Waals surface area contributed by atoms with E-state index in [1.54, 1.807) is 18.1 Å². The Kier molecular flexibility index (Phi) is 12.8. The van der Waals surface area contributed by atoms with Gasteiger partial charge in [-0.05, 0) is 80.0 Å². The van der Waals surface area contributed by atoms with Gasteiger partial charge in [-0.3, -0.25) is 9.59 Å². The lowest BCUT2D eigenvalue weighted by Gasteiger charge is -2.29. The Morgan fingerprint density at radius 3 is 2.11 bits per heavy atom. The minimum absolute atomic E-state index is 0.0551. The molecule has 38 heavy (non-hydrogen) atoms. The van der Waals surface area contributed by atoms with Gasteiger partial charge in [0.05, 0.1) is 13.2 Å². The maximum absolute atomic E-state index is 13.7. The van der Waals surface area contributed by atoms with E-state index in [4.69, 9.17) is 10.5 Å². The van der Waals surface area contributed by atoms with Crippen LogP contribution in [0, 0.1) is 12.8 Å². The zero-order chi connectivity index (χ0) is 28.2. The molecular weight excluding hydrogens is 478 g/mol. The molecule has 0 saturated carbocycles. The van der Waals surface area contributed by atoms with Gasteiger partial charge in [0.25, 0.3) is 11.8 Å². The van der Waals surface area contributed by atoms with Crippen molar-refractivity contribution in [3.8, 4) is 5.75 Å². The summed E-state index contributed by atoms with van der Waals surface area (Å²) < 4.78 is 5.29. The van der Waals surface area contributed by atoms with E-state index in [9.17, 15) is 14.7 Å². The van der Waals surface area contributed by atoms with Crippen molar-refractivity contribution in [3.05, 3.63) is 64.7 Å². The normalized spacial score (nSPS) is 12.8. The van der Waals surface area contributed by atoms with Gasteiger partial charge < -0.3 is 25.4 Å². The zero-order valence-electron chi connectivity index (χ0n) is 24.1. The second-order valence-corrected chi connectivity index (χ2v) is 10.6. The molecule has 0 saturated heterocycles. The highest BCUT2D eigenvalue weighted by Crippen LogP contribution is 2.18. The van der Waals surface area contributed by atoms with Crippen molar-refractivity contribution in [2.45, 2.75) is 72.4 Å². The van der Waals surface area contributed by atoms with E-state index >= 15 is 0 Å². The molecule has 2 atom stereocenters. The van der Waals surface area contributed by atoms with Crippen molar-refractivity contribution >= 4 is 11.8 Å². The van der Waals surface area contributed by atoms with Crippen LogP contribution in [0.5, 0.6) is 5.75 Å². The van der Waals surface area contributed by atoms with Gasteiger partial charge in [-0.1, -0.05) is 39.8 Å². The van der Waals surface area contributed by atoms with E-state index in [2.05, 4.69) is 27.7 Å². The number of ether oxygens (including phenoxy) is 1. The predicted octanol–water partition coefficient (Wildman–Crippen LogP) is 4.69. The number of benzene rings is 2. The number of hydrogen-bond acceptors (Lipinski definition) is 5. The molecule has 0 aliphatic carbocycles. The molecule has 0 aliphatic heterocycles. The molecule has 2 amide bonds. The monoisotopic (exact) mass is 525 g/mol. The summed E-state index contributed by atoms with van der Waals surface area (Å²) in [5.74, 6) is 0.868. The number of aliphatic hydroxyl groups excluding tert-OH is 1. The third-order valence-corrected chi connectivity index (χ3v) is 6.62. The van der Waals surface area contributed by atoms with Crippen LogP contribution < -0.4 is 10.5 Å². The van der Waals surface area contributed by atoms with Crippen molar-refractivity contribution in [1.29, 1.82) is 0 Å². The summed E-state index contributed by atoms with van der Waals surface area (Å²) in [5, 5.41) is 11.0. The van der Waals surface area contributed by atoms with Gasteiger partial charge in [-0.2, -0.15) is 0 Å². The molecule has 2 aromatic carbocycles. The first-order valence-corrected chi connectivity index (χ1v) is 13.9. The number of amides is 2. The summed E-state index contributed by atoms with van der Waals surface area (Å²) in [6, 6.07) is 12.4. The van der Waals surface area contributed by atoms with E-state index in [-0.39, 0.29) is 18.4 Å². The van der Waals surface area contributed by atoms with Crippen molar-refractivity contribution in [3.63, 3.8) is 0 Å². The number of nitrogens with two attached hydrogens (primary N) is 1. The molecule has 0 spiro atoms. The second-order valence-electron chi connectivity index (χ2n) is 10.6. The predicted molar refractivity (Wildman–Crippen MR) is 154 cm³/mol. The van der Waals surface area contributed by atoms with Crippen molar-refractivity contribution in [1.82, 2.24) is 9.80 Å². The van der Waals surface area contributed by atoms with Gasteiger partial charge in [0.2, 0.25) is 0 Å². The number of carbonyl (C=O) groups excluding carboxylic acids is 2. The molecule has 0 aliphatic rings. The fraction of sp³-hybridized carbons (Fsp3) is 0.548. The molecule has 0 heterocycles. The number of rotatable bonds is 15. The SMILES string of the molecule is CCCN(CCC)C(=O)c1cc(C)cc(C(=O)N(CCC(C)C)C[C@@H](O)[C@@H](N)Cc2cccc(OC)c2)c1. The maximum atomic E-state index is 13.7. The van der Waals surface area contributed by atoms with Gasteiger partial charge in [0.15, 0.2) is 0 Å². The molecule has 0 unspecified atom stereocenters. The molecule has 210 valence electrons. The van der Waals surface area contributed by atoms with Crippen LogP contribution in [0.4, 0.5) is 0 Å². The minimum atomic E-state index is -0.909. The maximum Gasteiger partial charge on any atom is 0.253 e. The summed E-state index contributed by atoms with van der Waals surface area (Å²) in [6.45, 7) is 12.2. The van der Waals surface area contributed by atoms with Crippen LogP contribution in [0.15, 0.2) is 42.5 Å². The third-order valence-electron chi connectivity index (χ3n) is 6.62. The standard InChI is InChI=1S/C31H47N3O4/c1-7-13-33(14-8-2)30(36)25-16-23(5)17-26(20-25)31(37)34(15-12-22(3)4)21-29(35)28(32)19-24-10-9-11-27(18-24)38-6/h9-11,16-18,20,22,28-29,35H,7-8,12-15,19,21,32H2,1-6H3/t28-,29+/m0/s1. The van der Waals surface area contributed by atoms with Gasteiger partial charge in [0.1, 0.15) is 5.75 Å². The Morgan fingerprint density at radius 2 is 1.55 bits per heavy atom. The van der Waals surface area contributed by atoms with E-state index < -0.39 is 12.1 Å². The van der Waals surface area contributed by atoms with Gasteiger partial charge >= 0.3 is 0 Å². The summed E-state index contributed by atoms with van der Waals surface area (Å²) >= 11 is 0. The first kappa shape index (κ1) is 31.3. The van der Waals surface area contributed by atoms with Crippen LogP contribution in [0.25, 0.3) is 0 Å². The van der Waals surface area contributed by atoms with Gasteiger partial charge in [-0.25, -0.2) is 0 Å². The van der Waals surface area contributed by atoms with Crippen LogP contribution in [0.3, 0.4) is 0 Å². The highest BCUT2D eigenvalue weighted by atomic mass is 16.5. The Morgan fingerprint density at radius 1 is 0.947 bits per heavy atom. The highest BCUT2D eigenvalue weighted by molar-refractivity contribution is 6.00. The lowest BCUT2D eigenvalue weighted by molar-refractivity contribution is 0.0563. The zero-order valence-corrected chi connectivity index (χ0v) is 24.1. The number of carbonyl (C=O) groups is 2. The number of methoxy groups -OCH3 is 1. The van der Waals surface area contributed by atoms with E-state index in [0.29, 0.717) is 43.1 Å². The number of aliphatic hydroxyl groups is 1. The summed E-state index contributed by atoms with van der Waals surface area (Å²) in [4.78, 5) is 30.5. The Hall–Kier alpha value is -2.90. The summed E-state index contributed by atoms with van der Waals surface area (Å²) in [5.41, 5.74) is 9.18. The fourth-order valence-electron chi connectivity index (χ4n) is 4.51. The molecule has 2 aromatic rings. The molecule has 7 nitrogen and oxygen atoms in total. The quantitative estimate of drug-likeness (QED) is 0.352. The van der Waals surface area contributed by atoms with E-state index in [1.807, 2.05) is 48.2 Å². The smallest absolute Gasteiger partial charge is 0.253 e.